The van der Waals surface area contributed by atoms with Crippen molar-refractivity contribution in [3.8, 4) is 0 Å². The number of nitrogens with one attached hydrogen (secondary N) is 1. The normalized spacial score (nSPS) is 11.2. The van der Waals surface area contributed by atoms with E-state index in [2.05, 4.69) is 4.98 Å². The van der Waals surface area contributed by atoms with Gasteiger partial charge in [-0.3, -0.25) is 4.79 Å². The van der Waals surface area contributed by atoms with E-state index in [1.807, 2.05) is 31.2 Å². The van der Waals surface area contributed by atoms with Crippen LogP contribution in [0.5, 0.6) is 0 Å². The largest absolute Gasteiger partial charge is 0.321 e. The quantitative estimate of drug-likeness (QED) is 0.601. The Morgan fingerprint density at radius 3 is 2.59 bits per heavy atom. The van der Waals surface area contributed by atoms with Crippen molar-refractivity contribution in [3.63, 3.8) is 0 Å². The average molecular weight is 244 g/mol. The summed E-state index contributed by atoms with van der Waals surface area (Å²) in [7, 11) is 0. The van der Waals surface area contributed by atoms with Crippen LogP contribution in [0, 0.1) is 6.92 Å². The van der Waals surface area contributed by atoms with Gasteiger partial charge in [-0.2, -0.15) is 0 Å². The molecule has 3 aromatic rings. The Labute approximate surface area is 103 Å². The lowest BCUT2D eigenvalue weighted by molar-refractivity contribution is 1.33. The predicted molar refractivity (Wildman–Crippen MR) is 71.8 cm³/mol. The number of aromatic nitrogens is 1. The number of hydrogen-bond donors (Lipinski definition) is 1. The van der Waals surface area contributed by atoms with Crippen LogP contribution in [0.1, 0.15) is 5.56 Å². The molecule has 1 heterocycles. The van der Waals surface area contributed by atoms with Crippen LogP contribution in [0.2, 0.25) is 5.02 Å². The zero-order valence-corrected chi connectivity index (χ0v) is 10.0. The molecular weight excluding hydrogens is 234 g/mol. The van der Waals surface area contributed by atoms with Gasteiger partial charge in [0.2, 0.25) is 0 Å². The van der Waals surface area contributed by atoms with Gasteiger partial charge in [-0.1, -0.05) is 23.7 Å². The summed E-state index contributed by atoms with van der Waals surface area (Å²) in [5.41, 5.74) is 1.90. The van der Waals surface area contributed by atoms with Gasteiger partial charge >= 0.3 is 0 Å². The third kappa shape index (κ3) is 1.61. The summed E-state index contributed by atoms with van der Waals surface area (Å²) in [5.74, 6) is 0. The Bertz CT molecular complexity index is 789. The molecule has 0 aliphatic heterocycles. The summed E-state index contributed by atoms with van der Waals surface area (Å²) in [5, 5.41) is 3.24. The number of fused-ring (bicyclic) bond motifs is 3. The number of halogens is 1. The molecule has 0 spiro atoms. The Hall–Kier alpha value is -1.80. The number of H-pyrrole nitrogens is 1. The molecule has 0 atom stereocenters. The maximum Gasteiger partial charge on any atom is 0.256 e. The van der Waals surface area contributed by atoms with Gasteiger partial charge in [0.15, 0.2) is 0 Å². The fourth-order valence-electron chi connectivity index (χ4n) is 2.12. The van der Waals surface area contributed by atoms with Crippen LogP contribution < -0.4 is 5.56 Å². The molecule has 0 bridgehead atoms. The van der Waals surface area contributed by atoms with Gasteiger partial charge in [0.1, 0.15) is 0 Å². The topological polar surface area (TPSA) is 32.9 Å². The van der Waals surface area contributed by atoms with E-state index in [1.165, 1.54) is 0 Å². The van der Waals surface area contributed by atoms with Gasteiger partial charge in [0, 0.05) is 21.3 Å². The molecule has 0 unspecified atom stereocenters. The van der Waals surface area contributed by atoms with Crippen LogP contribution in [0.15, 0.2) is 41.2 Å². The van der Waals surface area contributed by atoms with Gasteiger partial charge < -0.3 is 4.98 Å². The summed E-state index contributed by atoms with van der Waals surface area (Å²) in [6.07, 6.45) is 0. The Morgan fingerprint density at radius 1 is 1.00 bits per heavy atom. The molecule has 0 fully saturated rings. The zero-order chi connectivity index (χ0) is 12.0. The first kappa shape index (κ1) is 10.4. The van der Waals surface area contributed by atoms with E-state index in [9.17, 15) is 4.79 Å². The highest BCUT2D eigenvalue weighted by Gasteiger charge is 2.05. The smallest absolute Gasteiger partial charge is 0.256 e. The summed E-state index contributed by atoms with van der Waals surface area (Å²) in [6, 6.07) is 11.3. The second-order valence-corrected chi connectivity index (χ2v) is 4.63. The maximum absolute atomic E-state index is 11.9. The van der Waals surface area contributed by atoms with Crippen molar-refractivity contribution in [2.75, 3.05) is 0 Å². The summed E-state index contributed by atoms with van der Waals surface area (Å²) < 4.78 is 0. The molecule has 2 aromatic carbocycles. The first-order chi connectivity index (χ1) is 8.15. The predicted octanol–water partition coefficient (Wildman–Crippen LogP) is 3.64. The first-order valence-corrected chi connectivity index (χ1v) is 5.75. The number of pyridine rings is 1. The second kappa shape index (κ2) is 3.60. The number of aryl methyl sites for hydroxylation is 1. The van der Waals surface area contributed by atoms with E-state index >= 15 is 0 Å². The van der Waals surface area contributed by atoms with Gasteiger partial charge in [-0.05, 0) is 42.1 Å². The lowest BCUT2D eigenvalue weighted by atomic mass is 10.1. The molecule has 0 aliphatic rings. The van der Waals surface area contributed by atoms with Crippen LogP contribution in [0.25, 0.3) is 21.7 Å². The minimum atomic E-state index is -0.0743. The van der Waals surface area contributed by atoms with E-state index in [4.69, 9.17) is 11.6 Å². The molecule has 0 saturated heterocycles. The van der Waals surface area contributed by atoms with E-state index < -0.39 is 0 Å². The van der Waals surface area contributed by atoms with Gasteiger partial charge in [-0.25, -0.2) is 0 Å². The highest BCUT2D eigenvalue weighted by molar-refractivity contribution is 6.31. The third-order valence-corrected chi connectivity index (χ3v) is 3.17. The summed E-state index contributed by atoms with van der Waals surface area (Å²) in [6.45, 7) is 2.00. The van der Waals surface area contributed by atoms with E-state index in [0.29, 0.717) is 10.4 Å². The molecule has 3 rings (SSSR count). The van der Waals surface area contributed by atoms with Crippen molar-refractivity contribution in [2.24, 2.45) is 0 Å². The lowest BCUT2D eigenvalue weighted by Crippen LogP contribution is -2.06. The standard InChI is InChI=1S/C14H10ClNO/c1-8-2-4-10-12-7-9(15)3-5-11(12)14(17)16-13(10)6-8/h2-7H,1H3,(H,16,17). The van der Waals surface area contributed by atoms with E-state index in [1.54, 1.807) is 12.1 Å². The van der Waals surface area contributed by atoms with E-state index in [0.717, 1.165) is 21.9 Å². The Balaban J connectivity index is 2.62. The Kier molecular flexibility index (Phi) is 2.20. The molecule has 84 valence electrons. The third-order valence-electron chi connectivity index (χ3n) is 2.94. The highest BCUT2D eigenvalue weighted by Crippen LogP contribution is 2.24. The van der Waals surface area contributed by atoms with Gasteiger partial charge in [0.05, 0.1) is 0 Å². The van der Waals surface area contributed by atoms with Gasteiger partial charge in [0.25, 0.3) is 5.56 Å². The SMILES string of the molecule is Cc1ccc2c(c1)[nH]c(=O)c1ccc(Cl)cc12. The molecule has 17 heavy (non-hydrogen) atoms. The lowest BCUT2D eigenvalue weighted by Gasteiger charge is -2.04. The van der Waals surface area contributed by atoms with Crippen LogP contribution in [0.4, 0.5) is 0 Å². The molecule has 1 aromatic heterocycles. The molecule has 0 aliphatic carbocycles. The van der Waals surface area contributed by atoms with Crippen LogP contribution in [-0.2, 0) is 0 Å². The minimum absolute atomic E-state index is 0.0743. The maximum atomic E-state index is 11.9. The van der Waals surface area contributed by atoms with Crippen molar-refractivity contribution in [3.05, 3.63) is 57.3 Å². The molecular formula is C14H10ClNO. The fourth-order valence-corrected chi connectivity index (χ4v) is 2.30. The molecule has 0 radical (unpaired) electrons. The summed E-state index contributed by atoms with van der Waals surface area (Å²) >= 11 is 5.99. The monoisotopic (exact) mass is 243 g/mol. The summed E-state index contributed by atoms with van der Waals surface area (Å²) in [4.78, 5) is 14.8. The Morgan fingerprint density at radius 2 is 1.76 bits per heavy atom. The number of aromatic amines is 1. The zero-order valence-electron chi connectivity index (χ0n) is 9.25. The molecule has 2 nitrogen and oxygen atoms in total. The molecule has 0 saturated carbocycles. The second-order valence-electron chi connectivity index (χ2n) is 4.19. The highest BCUT2D eigenvalue weighted by atomic mass is 35.5. The van der Waals surface area contributed by atoms with E-state index in [-0.39, 0.29) is 5.56 Å². The fraction of sp³-hybridized carbons (Fsp3) is 0.0714. The molecule has 3 heteroatoms. The van der Waals surface area contributed by atoms with Crippen LogP contribution in [-0.4, -0.2) is 4.98 Å². The van der Waals surface area contributed by atoms with Crippen LogP contribution in [0.3, 0.4) is 0 Å². The minimum Gasteiger partial charge on any atom is -0.321 e. The first-order valence-electron chi connectivity index (χ1n) is 5.37. The average Bonchev–Trinajstić information content (AvgIpc) is 2.28. The van der Waals surface area contributed by atoms with Crippen LogP contribution >= 0.6 is 11.6 Å². The molecule has 0 amide bonds. The molecule has 1 N–H and O–H groups in total. The number of rotatable bonds is 0. The van der Waals surface area contributed by atoms with Crippen molar-refractivity contribution in [1.29, 1.82) is 0 Å². The number of hydrogen-bond acceptors (Lipinski definition) is 1. The number of benzene rings is 2. The van der Waals surface area contributed by atoms with Crippen molar-refractivity contribution in [1.82, 2.24) is 4.98 Å². The van der Waals surface area contributed by atoms with Crippen molar-refractivity contribution < 1.29 is 0 Å². The van der Waals surface area contributed by atoms with Crippen molar-refractivity contribution >= 4 is 33.3 Å². The van der Waals surface area contributed by atoms with Gasteiger partial charge in [-0.15, -0.1) is 0 Å². The van der Waals surface area contributed by atoms with Crippen molar-refractivity contribution in [2.45, 2.75) is 6.92 Å².